The normalized spacial score (nSPS) is 20.5. The van der Waals surface area contributed by atoms with Gasteiger partial charge in [-0.3, -0.25) is 14.4 Å². The van der Waals surface area contributed by atoms with Crippen LogP contribution in [-0.2, 0) is 19.2 Å². The van der Waals surface area contributed by atoms with E-state index in [1.54, 1.807) is 12.1 Å². The highest BCUT2D eigenvalue weighted by Gasteiger charge is 2.49. The molecule has 3 aliphatic rings. The third-order valence-electron chi connectivity index (χ3n) is 7.50. The van der Waals surface area contributed by atoms with Crippen molar-refractivity contribution in [2.75, 3.05) is 20.3 Å². The van der Waals surface area contributed by atoms with Crippen molar-refractivity contribution < 1.29 is 38.9 Å². The van der Waals surface area contributed by atoms with Gasteiger partial charge in [-0.05, 0) is 41.4 Å². The maximum atomic E-state index is 13.8. The lowest BCUT2D eigenvalue weighted by Crippen LogP contribution is -2.45. The number of carboxylic acid groups (broad SMARTS) is 2. The average molecular weight is 560 g/mol. The van der Waals surface area contributed by atoms with Gasteiger partial charge in [-0.25, -0.2) is 4.79 Å². The summed E-state index contributed by atoms with van der Waals surface area (Å²) in [6.45, 7) is 7.56. The number of ketones is 2. The molecule has 210 valence electrons. The number of allylic oxidation sites excluding steroid dienone is 4. The zero-order chi connectivity index (χ0) is 28.9. The van der Waals surface area contributed by atoms with Crippen molar-refractivity contribution >= 4 is 35.1 Å². The van der Waals surface area contributed by atoms with Crippen molar-refractivity contribution in [2.45, 2.75) is 65.7 Å². The van der Waals surface area contributed by atoms with Crippen LogP contribution in [-0.4, -0.2) is 58.9 Å². The van der Waals surface area contributed by atoms with Gasteiger partial charge in [0.25, 0.3) is 0 Å². The summed E-state index contributed by atoms with van der Waals surface area (Å²) in [7, 11) is 1.40. The fourth-order valence-electron chi connectivity index (χ4n) is 6.04. The first-order chi connectivity index (χ1) is 18.1. The number of aliphatic carboxylic acids is 2. The quantitative estimate of drug-likeness (QED) is 0.453. The highest BCUT2D eigenvalue weighted by molar-refractivity contribution is 6.32. The van der Waals surface area contributed by atoms with Gasteiger partial charge in [0.05, 0.1) is 18.6 Å². The van der Waals surface area contributed by atoms with E-state index in [9.17, 15) is 24.3 Å². The summed E-state index contributed by atoms with van der Waals surface area (Å²) in [5.74, 6) is -2.82. The predicted octanol–water partition coefficient (Wildman–Crippen LogP) is 4.97. The second-order valence-corrected chi connectivity index (χ2v) is 12.5. The fraction of sp³-hybridized carbons (Fsp3) is 0.517. The van der Waals surface area contributed by atoms with Gasteiger partial charge in [-0.1, -0.05) is 39.3 Å². The molecule has 0 bridgehead atoms. The van der Waals surface area contributed by atoms with E-state index < -0.39 is 24.5 Å². The summed E-state index contributed by atoms with van der Waals surface area (Å²) in [5.41, 5.74) is 2.29. The molecular weight excluding hydrogens is 526 g/mol. The molecule has 1 aromatic rings. The number of methoxy groups -OCH3 is 1. The van der Waals surface area contributed by atoms with Crippen molar-refractivity contribution in [2.24, 2.45) is 10.8 Å². The van der Waals surface area contributed by atoms with Gasteiger partial charge < -0.3 is 24.6 Å². The summed E-state index contributed by atoms with van der Waals surface area (Å²) in [5, 5.41) is 18.6. The van der Waals surface area contributed by atoms with Gasteiger partial charge >= 0.3 is 11.9 Å². The van der Waals surface area contributed by atoms with Gasteiger partial charge in [0.15, 0.2) is 29.7 Å². The minimum Gasteiger partial charge on any atom is -0.493 e. The SMILES string of the molecule is COc1cc(C2C3=C(CC(C)(C)CC3=O)N(CCC(=O)O)C3=C2C(=O)CC(C)(C)C3)cc(Cl)c1OCC(=O)O. The molecule has 0 unspecified atom stereocenters. The minimum atomic E-state index is -1.18. The monoisotopic (exact) mass is 559 g/mol. The Morgan fingerprint density at radius 3 is 1.95 bits per heavy atom. The van der Waals surface area contributed by atoms with Crippen LogP contribution in [0.5, 0.6) is 11.5 Å². The maximum Gasteiger partial charge on any atom is 0.341 e. The molecular formula is C29H34ClNO8. The van der Waals surface area contributed by atoms with E-state index in [-0.39, 0.29) is 64.7 Å². The number of halogens is 1. The van der Waals surface area contributed by atoms with Crippen LogP contribution in [0.1, 0.15) is 71.3 Å². The molecule has 1 heterocycles. The van der Waals surface area contributed by atoms with Gasteiger partial charge in [0, 0.05) is 47.8 Å². The Hall–Kier alpha value is -3.33. The molecule has 2 N–H and O–H groups in total. The van der Waals surface area contributed by atoms with E-state index >= 15 is 0 Å². The van der Waals surface area contributed by atoms with Crippen LogP contribution in [0.2, 0.25) is 5.02 Å². The van der Waals surface area contributed by atoms with E-state index in [4.69, 9.17) is 26.2 Å². The summed E-state index contributed by atoms with van der Waals surface area (Å²) in [4.78, 5) is 52.2. The van der Waals surface area contributed by atoms with Crippen LogP contribution >= 0.6 is 11.6 Å². The third kappa shape index (κ3) is 5.69. The van der Waals surface area contributed by atoms with Crippen molar-refractivity contribution in [3.63, 3.8) is 0 Å². The van der Waals surface area contributed by atoms with Crippen LogP contribution in [0.15, 0.2) is 34.7 Å². The molecule has 0 aromatic heterocycles. The average Bonchev–Trinajstić information content (AvgIpc) is 2.79. The molecule has 0 spiro atoms. The summed E-state index contributed by atoms with van der Waals surface area (Å²) in [6, 6.07) is 3.23. The molecule has 1 aliphatic heterocycles. The first kappa shape index (κ1) is 28.7. The van der Waals surface area contributed by atoms with E-state index in [0.29, 0.717) is 29.6 Å². The number of hydrogen-bond donors (Lipinski definition) is 2. The first-order valence-corrected chi connectivity index (χ1v) is 13.3. The molecule has 0 radical (unpaired) electrons. The standard InChI is InChI=1S/C29H34ClNO8/c1-28(2)10-17-25(19(32)12-28)24(15-8-16(30)27(21(9-15)38-5)39-14-23(36)37)26-18(31(17)7-6-22(34)35)11-29(3,4)13-20(26)33/h8-9,24H,6-7,10-14H2,1-5H3,(H,34,35)(H,36,37). The van der Waals surface area contributed by atoms with Crippen LogP contribution in [0.3, 0.4) is 0 Å². The Balaban J connectivity index is 1.97. The fourth-order valence-corrected chi connectivity index (χ4v) is 6.31. The van der Waals surface area contributed by atoms with E-state index in [1.807, 2.05) is 32.6 Å². The van der Waals surface area contributed by atoms with Crippen molar-refractivity contribution in [1.29, 1.82) is 0 Å². The van der Waals surface area contributed by atoms with Gasteiger partial charge in [0.1, 0.15) is 0 Å². The lowest BCUT2D eigenvalue weighted by Gasteiger charge is -2.49. The number of hydrogen-bond acceptors (Lipinski definition) is 7. The third-order valence-corrected chi connectivity index (χ3v) is 7.78. The largest absolute Gasteiger partial charge is 0.493 e. The molecule has 0 atom stereocenters. The molecule has 39 heavy (non-hydrogen) atoms. The number of benzene rings is 1. The van der Waals surface area contributed by atoms with E-state index in [2.05, 4.69) is 0 Å². The molecule has 0 fully saturated rings. The van der Waals surface area contributed by atoms with Crippen LogP contribution < -0.4 is 9.47 Å². The van der Waals surface area contributed by atoms with Crippen LogP contribution in [0, 0.1) is 10.8 Å². The highest BCUT2D eigenvalue weighted by atomic mass is 35.5. The second kappa shape index (κ2) is 10.3. The summed E-state index contributed by atoms with van der Waals surface area (Å²) in [6.07, 6.45) is 1.50. The number of carboxylic acids is 2. The van der Waals surface area contributed by atoms with Crippen LogP contribution in [0.4, 0.5) is 0 Å². The number of ether oxygens (including phenoxy) is 2. The van der Waals surface area contributed by atoms with E-state index in [1.165, 1.54) is 7.11 Å². The number of nitrogens with zero attached hydrogens (tertiary/aromatic N) is 1. The van der Waals surface area contributed by atoms with Crippen molar-refractivity contribution in [1.82, 2.24) is 4.90 Å². The van der Waals surface area contributed by atoms with Gasteiger partial charge in [0.2, 0.25) is 0 Å². The lowest BCUT2D eigenvalue weighted by molar-refractivity contribution is -0.139. The molecule has 1 aromatic carbocycles. The number of rotatable bonds is 8. The molecule has 4 rings (SSSR count). The Morgan fingerprint density at radius 2 is 1.49 bits per heavy atom. The Labute approximate surface area is 232 Å². The van der Waals surface area contributed by atoms with Crippen LogP contribution in [0.25, 0.3) is 0 Å². The van der Waals surface area contributed by atoms with Crippen molar-refractivity contribution in [3.8, 4) is 11.5 Å². The number of carbonyl (C=O) groups is 4. The Bertz CT molecular complexity index is 1270. The Kier molecular flexibility index (Phi) is 7.60. The maximum absolute atomic E-state index is 13.8. The molecule has 0 amide bonds. The molecule has 0 saturated carbocycles. The zero-order valence-corrected chi connectivity index (χ0v) is 23.6. The summed E-state index contributed by atoms with van der Waals surface area (Å²) < 4.78 is 10.9. The number of carbonyl (C=O) groups excluding carboxylic acids is 2. The topological polar surface area (TPSA) is 130 Å². The Morgan fingerprint density at radius 1 is 0.949 bits per heavy atom. The van der Waals surface area contributed by atoms with Gasteiger partial charge in [-0.15, -0.1) is 0 Å². The van der Waals surface area contributed by atoms with Crippen molar-refractivity contribution in [3.05, 3.63) is 45.3 Å². The predicted molar refractivity (Wildman–Crippen MR) is 143 cm³/mol. The first-order valence-electron chi connectivity index (χ1n) is 12.9. The molecule has 2 aliphatic carbocycles. The molecule has 0 saturated heterocycles. The van der Waals surface area contributed by atoms with E-state index in [0.717, 1.165) is 11.4 Å². The lowest BCUT2D eigenvalue weighted by atomic mass is 9.63. The highest BCUT2D eigenvalue weighted by Crippen LogP contribution is 2.55. The van der Waals surface area contributed by atoms with Gasteiger partial charge in [-0.2, -0.15) is 0 Å². The zero-order valence-electron chi connectivity index (χ0n) is 22.9. The smallest absolute Gasteiger partial charge is 0.341 e. The molecule has 10 heteroatoms. The number of Topliss-reactive ketones (excluding diaryl/α,β-unsaturated/α-hetero) is 2. The summed E-state index contributed by atoms with van der Waals surface area (Å²) >= 11 is 6.57. The molecule has 9 nitrogen and oxygen atoms in total. The minimum absolute atomic E-state index is 0.0554. The second-order valence-electron chi connectivity index (χ2n) is 12.0.